The van der Waals surface area contributed by atoms with Crippen LogP contribution in [0.3, 0.4) is 0 Å². The lowest BCUT2D eigenvalue weighted by Crippen LogP contribution is -2.09. The highest BCUT2D eigenvalue weighted by Gasteiger charge is 2.12. The van der Waals surface area contributed by atoms with Crippen molar-refractivity contribution in [3.8, 4) is 17.2 Å². The lowest BCUT2D eigenvalue weighted by Gasteiger charge is -2.08. The molecule has 1 aromatic heterocycles. The molecule has 0 saturated heterocycles. The number of carbonyl (C=O) groups excluding carboxylic acids is 1. The predicted octanol–water partition coefficient (Wildman–Crippen LogP) is 5.37. The van der Waals surface area contributed by atoms with Crippen LogP contribution < -0.4 is 10.1 Å². The molecular weight excluding hydrogens is 410 g/mol. The smallest absolute Gasteiger partial charge is 0.270 e. The summed E-state index contributed by atoms with van der Waals surface area (Å²) in [6.07, 6.45) is 2.85. The van der Waals surface area contributed by atoms with E-state index in [0.29, 0.717) is 39.6 Å². The summed E-state index contributed by atoms with van der Waals surface area (Å²) < 4.78 is 11.1. The fourth-order valence-corrected chi connectivity index (χ4v) is 3.14. The number of hydrogen-bond acceptors (Lipinski definition) is 6. The number of nitro benzene ring substituents is 1. The van der Waals surface area contributed by atoms with Gasteiger partial charge in [0.1, 0.15) is 11.3 Å². The van der Waals surface area contributed by atoms with Crippen molar-refractivity contribution in [1.29, 1.82) is 0 Å². The molecule has 0 aliphatic heterocycles. The lowest BCUT2D eigenvalue weighted by atomic mass is 10.1. The number of aryl methyl sites for hydroxylation is 1. The Labute approximate surface area is 183 Å². The van der Waals surface area contributed by atoms with Crippen LogP contribution in [0.15, 0.2) is 71.2 Å². The number of nitrogens with one attached hydrogen (secondary N) is 1. The van der Waals surface area contributed by atoms with Crippen molar-refractivity contribution in [2.24, 2.45) is 0 Å². The summed E-state index contributed by atoms with van der Waals surface area (Å²) in [5.74, 6) is 0.750. The zero-order chi connectivity index (χ0) is 22.7. The van der Waals surface area contributed by atoms with Crippen molar-refractivity contribution in [2.45, 2.75) is 6.92 Å². The third-order valence-corrected chi connectivity index (χ3v) is 4.85. The Hall–Kier alpha value is -4.46. The Morgan fingerprint density at radius 3 is 2.78 bits per heavy atom. The minimum atomic E-state index is -0.478. The van der Waals surface area contributed by atoms with Crippen LogP contribution in [0.5, 0.6) is 5.75 Å². The van der Waals surface area contributed by atoms with Crippen molar-refractivity contribution in [2.75, 3.05) is 12.4 Å². The van der Waals surface area contributed by atoms with Crippen LogP contribution in [0.1, 0.15) is 11.1 Å². The molecular formula is C24H19N3O5. The Kier molecular flexibility index (Phi) is 5.67. The highest BCUT2D eigenvalue weighted by Crippen LogP contribution is 2.29. The number of carbonyl (C=O) groups is 1. The summed E-state index contributed by atoms with van der Waals surface area (Å²) in [6, 6.07) is 17.0. The van der Waals surface area contributed by atoms with Gasteiger partial charge in [-0.25, -0.2) is 4.98 Å². The van der Waals surface area contributed by atoms with E-state index in [0.717, 1.165) is 5.56 Å². The van der Waals surface area contributed by atoms with Crippen LogP contribution in [-0.2, 0) is 4.79 Å². The first-order valence-electron chi connectivity index (χ1n) is 9.72. The number of anilines is 1. The number of oxazole rings is 1. The van der Waals surface area contributed by atoms with E-state index >= 15 is 0 Å². The minimum Gasteiger partial charge on any atom is -0.497 e. The van der Waals surface area contributed by atoms with Crippen LogP contribution in [0, 0.1) is 17.0 Å². The number of aromatic nitrogens is 1. The quantitative estimate of drug-likeness (QED) is 0.251. The van der Waals surface area contributed by atoms with Crippen LogP contribution >= 0.6 is 0 Å². The molecule has 3 aromatic carbocycles. The number of nitrogens with zero attached hydrogens (tertiary/aromatic N) is 2. The van der Waals surface area contributed by atoms with Gasteiger partial charge in [0, 0.05) is 35.5 Å². The maximum atomic E-state index is 12.4. The second-order valence-corrected chi connectivity index (χ2v) is 7.06. The molecule has 0 saturated carbocycles. The van der Waals surface area contributed by atoms with Crippen molar-refractivity contribution in [3.05, 3.63) is 88.0 Å². The van der Waals surface area contributed by atoms with Gasteiger partial charge in [0.05, 0.1) is 12.0 Å². The molecule has 4 aromatic rings. The maximum absolute atomic E-state index is 12.4. The van der Waals surface area contributed by atoms with E-state index in [-0.39, 0.29) is 11.6 Å². The van der Waals surface area contributed by atoms with Crippen LogP contribution in [0.25, 0.3) is 28.6 Å². The molecule has 0 unspecified atom stereocenters. The first-order valence-corrected chi connectivity index (χ1v) is 9.72. The molecule has 8 heteroatoms. The number of hydrogen-bond donors (Lipinski definition) is 1. The normalized spacial score (nSPS) is 11.1. The van der Waals surface area contributed by atoms with Crippen molar-refractivity contribution in [1.82, 2.24) is 4.98 Å². The number of amides is 1. The summed E-state index contributed by atoms with van der Waals surface area (Å²) in [5, 5.41) is 13.7. The summed E-state index contributed by atoms with van der Waals surface area (Å²) >= 11 is 0. The van der Waals surface area contributed by atoms with Gasteiger partial charge in [0.15, 0.2) is 5.58 Å². The third-order valence-electron chi connectivity index (χ3n) is 4.85. The van der Waals surface area contributed by atoms with Gasteiger partial charge in [0.25, 0.3) is 5.69 Å². The van der Waals surface area contributed by atoms with Crippen molar-refractivity contribution in [3.63, 3.8) is 0 Å². The predicted molar refractivity (Wildman–Crippen MR) is 121 cm³/mol. The zero-order valence-corrected chi connectivity index (χ0v) is 17.4. The highest BCUT2D eigenvalue weighted by molar-refractivity contribution is 6.02. The molecule has 0 spiro atoms. The molecule has 0 atom stereocenters. The zero-order valence-electron chi connectivity index (χ0n) is 17.4. The molecule has 8 nitrogen and oxygen atoms in total. The Morgan fingerprint density at radius 1 is 1.16 bits per heavy atom. The monoisotopic (exact) mass is 429 g/mol. The third kappa shape index (κ3) is 4.49. The molecule has 1 heterocycles. The van der Waals surface area contributed by atoms with Crippen LogP contribution in [0.2, 0.25) is 0 Å². The molecule has 160 valence electrons. The standard InChI is InChI=1S/C24H19N3O5/c1-15-6-8-17(24-26-21-14-19(31-2)9-10-22(21)32-24)13-20(15)25-23(28)11-7-16-4-3-5-18(12-16)27(29)30/h3-14H,1-2H3,(H,25,28). The fourth-order valence-electron chi connectivity index (χ4n) is 3.14. The molecule has 0 aliphatic carbocycles. The Morgan fingerprint density at radius 2 is 2.00 bits per heavy atom. The van der Waals surface area contributed by atoms with Crippen LogP contribution in [0.4, 0.5) is 11.4 Å². The second-order valence-electron chi connectivity index (χ2n) is 7.06. The van der Waals surface area contributed by atoms with E-state index in [1.807, 2.05) is 19.1 Å². The van der Waals surface area contributed by atoms with E-state index in [4.69, 9.17) is 9.15 Å². The largest absolute Gasteiger partial charge is 0.497 e. The number of nitro groups is 1. The molecule has 4 rings (SSSR count). The SMILES string of the molecule is COc1ccc2oc(-c3ccc(C)c(NC(=O)C=Cc4cccc([N+](=O)[O-])c4)c3)nc2c1. The molecule has 1 N–H and O–H groups in total. The molecule has 0 fully saturated rings. The first kappa shape index (κ1) is 20.8. The Balaban J connectivity index is 1.54. The number of benzene rings is 3. The topological polar surface area (TPSA) is 108 Å². The Bertz CT molecular complexity index is 1360. The van der Waals surface area contributed by atoms with E-state index in [9.17, 15) is 14.9 Å². The van der Waals surface area contributed by atoms with Gasteiger partial charge in [-0.05, 0) is 48.4 Å². The van der Waals surface area contributed by atoms with Gasteiger partial charge in [-0.2, -0.15) is 0 Å². The van der Waals surface area contributed by atoms with Gasteiger partial charge in [-0.1, -0.05) is 18.2 Å². The second kappa shape index (κ2) is 8.73. The van der Waals surface area contributed by atoms with E-state index in [2.05, 4.69) is 10.3 Å². The molecule has 0 aliphatic rings. The summed E-state index contributed by atoms with van der Waals surface area (Å²) in [4.78, 5) is 27.4. The summed E-state index contributed by atoms with van der Waals surface area (Å²) in [5.41, 5.74) is 4.01. The number of ether oxygens (including phenoxy) is 1. The van der Waals surface area contributed by atoms with Gasteiger partial charge < -0.3 is 14.5 Å². The average Bonchev–Trinajstić information content (AvgIpc) is 3.22. The maximum Gasteiger partial charge on any atom is 0.270 e. The van der Waals surface area contributed by atoms with Crippen molar-refractivity contribution >= 4 is 34.5 Å². The van der Waals surface area contributed by atoms with Gasteiger partial charge in [-0.3, -0.25) is 14.9 Å². The minimum absolute atomic E-state index is 0.0351. The molecule has 1 amide bonds. The number of methoxy groups -OCH3 is 1. The highest BCUT2D eigenvalue weighted by atomic mass is 16.6. The first-order chi connectivity index (χ1) is 15.4. The van der Waals surface area contributed by atoms with Crippen molar-refractivity contribution < 1.29 is 18.9 Å². The molecule has 0 bridgehead atoms. The van der Waals surface area contributed by atoms with E-state index in [1.54, 1.807) is 43.5 Å². The van der Waals surface area contributed by atoms with Gasteiger partial charge in [-0.15, -0.1) is 0 Å². The number of non-ortho nitro benzene ring substituents is 1. The number of fused-ring (bicyclic) bond motifs is 1. The summed E-state index contributed by atoms with van der Waals surface area (Å²) in [7, 11) is 1.59. The van der Waals surface area contributed by atoms with Gasteiger partial charge >= 0.3 is 0 Å². The average molecular weight is 429 g/mol. The van der Waals surface area contributed by atoms with E-state index < -0.39 is 4.92 Å². The summed E-state index contributed by atoms with van der Waals surface area (Å²) in [6.45, 7) is 1.88. The van der Waals surface area contributed by atoms with E-state index in [1.165, 1.54) is 24.3 Å². The fraction of sp³-hybridized carbons (Fsp3) is 0.0833. The number of rotatable bonds is 6. The molecule has 0 radical (unpaired) electrons. The lowest BCUT2D eigenvalue weighted by molar-refractivity contribution is -0.384. The molecule has 32 heavy (non-hydrogen) atoms. The van der Waals surface area contributed by atoms with Crippen LogP contribution in [-0.4, -0.2) is 22.9 Å². The van der Waals surface area contributed by atoms with Gasteiger partial charge in [0.2, 0.25) is 11.8 Å².